The molecule has 4 N–H and O–H groups in total. The van der Waals surface area contributed by atoms with Gasteiger partial charge in [0.05, 0.1) is 0 Å². The highest BCUT2D eigenvalue weighted by molar-refractivity contribution is 6.41. The molecule has 0 rings (SSSR count). The van der Waals surface area contributed by atoms with Crippen molar-refractivity contribution in [1.82, 2.24) is 0 Å². The van der Waals surface area contributed by atoms with E-state index in [4.69, 9.17) is 15.3 Å². The van der Waals surface area contributed by atoms with Crippen molar-refractivity contribution < 1.29 is 9.59 Å². The molecule has 0 aliphatic carbocycles. The van der Waals surface area contributed by atoms with E-state index in [1.807, 2.05) is 6.92 Å². The van der Waals surface area contributed by atoms with Crippen LogP contribution in [0.15, 0.2) is 0 Å². The highest BCUT2D eigenvalue weighted by Gasteiger charge is 2.06. The van der Waals surface area contributed by atoms with E-state index < -0.39 is 9.28 Å². The van der Waals surface area contributed by atoms with Crippen LogP contribution in [0.2, 0.25) is 6.04 Å². The molecule has 0 aliphatic rings. The Morgan fingerprint density at radius 3 is 2.25 bits per heavy atom. The maximum absolute atomic E-state index is 8.49. The lowest BCUT2D eigenvalue weighted by atomic mass is 10.2. The molecule has 0 aromatic carbocycles. The molecule has 0 amide bonds. The summed E-state index contributed by atoms with van der Waals surface area (Å²) in [4.78, 5) is 17.0. The highest BCUT2D eigenvalue weighted by atomic mass is 28.3. The lowest BCUT2D eigenvalue weighted by Crippen LogP contribution is -2.20. The van der Waals surface area contributed by atoms with Gasteiger partial charge in [-0.15, -0.1) is 0 Å². The average Bonchev–Trinajstić information content (AvgIpc) is 1.65. The fourth-order valence-corrected chi connectivity index (χ4v) is 1.37. The molecule has 0 aromatic heterocycles. The van der Waals surface area contributed by atoms with Gasteiger partial charge in [-0.25, -0.2) is 0 Å². The van der Waals surface area contributed by atoms with Crippen LogP contribution in [-0.2, 0) is 0 Å². The summed E-state index contributed by atoms with van der Waals surface area (Å²) in [6, 6.07) is 0.510. The number of nitrogens with two attached hydrogens (primary N) is 1. The van der Waals surface area contributed by atoms with E-state index in [0.29, 0.717) is 12.6 Å². The Balaban J connectivity index is 3.10. The third-order valence-corrected chi connectivity index (χ3v) is 2.24. The van der Waals surface area contributed by atoms with E-state index in [2.05, 4.69) is 0 Å². The minimum absolute atomic E-state index is 0.265. The molecule has 8 heavy (non-hydrogen) atoms. The van der Waals surface area contributed by atoms with Crippen molar-refractivity contribution in [1.29, 1.82) is 0 Å². The van der Waals surface area contributed by atoms with E-state index >= 15 is 0 Å². The lowest BCUT2D eigenvalue weighted by molar-refractivity contribution is 0.391. The predicted molar refractivity (Wildman–Crippen MR) is 34.6 cm³/mol. The molecular weight excluding hydrogens is 122 g/mol. The van der Waals surface area contributed by atoms with Gasteiger partial charge < -0.3 is 15.3 Å². The zero-order chi connectivity index (χ0) is 6.57. The molecule has 0 saturated heterocycles. The van der Waals surface area contributed by atoms with Gasteiger partial charge in [-0.1, -0.05) is 6.92 Å². The summed E-state index contributed by atoms with van der Waals surface area (Å²) in [5, 5.41) is 0. The summed E-state index contributed by atoms with van der Waals surface area (Å²) < 4.78 is 0. The van der Waals surface area contributed by atoms with Gasteiger partial charge in [-0.3, -0.25) is 0 Å². The molecular formula is C4H13NO2Si. The number of hydrogen-bond donors (Lipinski definition) is 3. The molecule has 0 aromatic rings. The first-order valence-corrected chi connectivity index (χ1v) is 4.58. The Kier molecular flexibility index (Phi) is 4.07. The molecule has 1 atom stereocenters. The number of rotatable bonds is 3. The third-order valence-electron chi connectivity index (χ3n) is 1.02. The van der Waals surface area contributed by atoms with Crippen molar-refractivity contribution in [2.75, 3.05) is 6.54 Å². The average molecular weight is 135 g/mol. The summed E-state index contributed by atoms with van der Waals surface area (Å²) in [5.41, 5.74) is 5.22. The van der Waals surface area contributed by atoms with Crippen LogP contribution in [-0.4, -0.2) is 25.4 Å². The second-order valence-corrected chi connectivity index (χ2v) is 3.49. The first-order valence-electron chi connectivity index (χ1n) is 2.73. The Morgan fingerprint density at radius 1 is 1.62 bits per heavy atom. The second kappa shape index (κ2) is 4.02. The number of hydrogen-bond acceptors (Lipinski definition) is 3. The molecule has 4 heteroatoms. The van der Waals surface area contributed by atoms with Crippen LogP contribution in [0.1, 0.15) is 6.92 Å². The summed E-state index contributed by atoms with van der Waals surface area (Å²) in [6.07, 6.45) is 0. The minimum atomic E-state index is -2.33. The van der Waals surface area contributed by atoms with Gasteiger partial charge in [0.2, 0.25) is 0 Å². The zero-order valence-electron chi connectivity index (χ0n) is 5.04. The first-order chi connectivity index (χ1) is 3.66. The fourth-order valence-electron chi connectivity index (χ4n) is 0.456. The van der Waals surface area contributed by atoms with Crippen LogP contribution in [0.4, 0.5) is 0 Å². The predicted octanol–water partition coefficient (Wildman–Crippen LogP) is -1.21. The van der Waals surface area contributed by atoms with Gasteiger partial charge in [-0.05, 0) is 18.5 Å². The molecule has 1 unspecified atom stereocenters. The zero-order valence-corrected chi connectivity index (χ0v) is 6.20. The van der Waals surface area contributed by atoms with Crippen molar-refractivity contribution in [3.8, 4) is 0 Å². The SMILES string of the molecule is CC(CN)C[SiH](O)O. The smallest absolute Gasteiger partial charge is 0.316 e. The van der Waals surface area contributed by atoms with E-state index in [1.54, 1.807) is 0 Å². The highest BCUT2D eigenvalue weighted by Crippen LogP contribution is 1.99. The molecule has 0 aliphatic heterocycles. The van der Waals surface area contributed by atoms with E-state index in [1.165, 1.54) is 0 Å². The quantitative estimate of drug-likeness (QED) is 0.425. The van der Waals surface area contributed by atoms with Crippen LogP contribution in [0.25, 0.3) is 0 Å². The van der Waals surface area contributed by atoms with E-state index in [0.717, 1.165) is 0 Å². The molecule has 0 saturated carbocycles. The second-order valence-electron chi connectivity index (χ2n) is 2.06. The maximum Gasteiger partial charge on any atom is 0.316 e. The summed E-state index contributed by atoms with van der Waals surface area (Å²) in [7, 11) is -2.33. The Bertz CT molecular complexity index is 60.0. The topological polar surface area (TPSA) is 66.5 Å². The van der Waals surface area contributed by atoms with Crippen molar-refractivity contribution in [3.63, 3.8) is 0 Å². The minimum Gasteiger partial charge on any atom is -0.413 e. The molecule has 0 radical (unpaired) electrons. The van der Waals surface area contributed by atoms with Gasteiger partial charge in [0, 0.05) is 0 Å². The van der Waals surface area contributed by atoms with Crippen LogP contribution >= 0.6 is 0 Å². The molecule has 0 bridgehead atoms. The van der Waals surface area contributed by atoms with Crippen LogP contribution in [0.5, 0.6) is 0 Å². The van der Waals surface area contributed by atoms with E-state index in [-0.39, 0.29) is 5.92 Å². The summed E-state index contributed by atoms with van der Waals surface area (Å²) >= 11 is 0. The van der Waals surface area contributed by atoms with Crippen molar-refractivity contribution in [2.45, 2.75) is 13.0 Å². The van der Waals surface area contributed by atoms with Crippen molar-refractivity contribution >= 4 is 9.28 Å². The van der Waals surface area contributed by atoms with Crippen LogP contribution in [0.3, 0.4) is 0 Å². The van der Waals surface area contributed by atoms with Gasteiger partial charge in [0.25, 0.3) is 0 Å². The van der Waals surface area contributed by atoms with Crippen LogP contribution in [0, 0.1) is 5.92 Å². The molecule has 3 nitrogen and oxygen atoms in total. The van der Waals surface area contributed by atoms with Crippen molar-refractivity contribution in [2.24, 2.45) is 11.7 Å². The summed E-state index contributed by atoms with van der Waals surface area (Å²) in [6.45, 7) is 2.46. The summed E-state index contributed by atoms with van der Waals surface area (Å²) in [5.74, 6) is 0.265. The molecule has 0 fully saturated rings. The van der Waals surface area contributed by atoms with E-state index in [9.17, 15) is 0 Å². The maximum atomic E-state index is 8.49. The molecule has 0 spiro atoms. The van der Waals surface area contributed by atoms with Gasteiger partial charge in [-0.2, -0.15) is 0 Å². The molecule has 50 valence electrons. The molecule has 0 heterocycles. The van der Waals surface area contributed by atoms with Gasteiger partial charge >= 0.3 is 9.28 Å². The standard InChI is InChI=1S/C4H13NO2Si/c1-4(2-5)3-8(6)7/h4,6-8H,2-3,5H2,1H3. The van der Waals surface area contributed by atoms with Gasteiger partial charge in [0.1, 0.15) is 0 Å². The lowest BCUT2D eigenvalue weighted by Gasteiger charge is -2.06. The van der Waals surface area contributed by atoms with Crippen LogP contribution < -0.4 is 5.73 Å². The largest absolute Gasteiger partial charge is 0.413 e. The Labute approximate surface area is 51.0 Å². The normalized spacial score (nSPS) is 14.6. The van der Waals surface area contributed by atoms with Gasteiger partial charge in [0.15, 0.2) is 0 Å². The fraction of sp³-hybridized carbons (Fsp3) is 1.00. The first kappa shape index (κ1) is 8.10. The third kappa shape index (κ3) is 4.26. The Morgan fingerprint density at radius 2 is 2.12 bits per heavy atom. The Hall–Kier alpha value is 0.0969. The monoisotopic (exact) mass is 135 g/mol. The van der Waals surface area contributed by atoms with Crippen molar-refractivity contribution in [3.05, 3.63) is 0 Å².